The maximum Gasteiger partial charge on any atom is 0.00419 e. The predicted molar refractivity (Wildman–Crippen MR) is 73.0 cm³/mol. The fourth-order valence-corrected chi connectivity index (χ4v) is 2.37. The van der Waals surface area contributed by atoms with E-state index >= 15 is 0 Å². The minimum Gasteiger partial charge on any atom is -0.309 e. The van der Waals surface area contributed by atoms with Crippen molar-refractivity contribution in [1.29, 1.82) is 0 Å². The molecule has 0 radical (unpaired) electrons. The van der Waals surface area contributed by atoms with Crippen LogP contribution in [0.15, 0.2) is 0 Å². The zero-order valence-corrected chi connectivity index (χ0v) is 12.4. The molecule has 0 N–H and O–H groups in total. The lowest BCUT2D eigenvalue weighted by atomic mass is 9.92. The quantitative estimate of drug-likeness (QED) is 0.624. The molecule has 3 heteroatoms. The van der Waals surface area contributed by atoms with E-state index in [0.717, 1.165) is 6.54 Å². The SMILES string of the molecule is CN(C)CCCN(C)CC(C)(C)CN(C)C. The molecule has 0 fully saturated rings. The van der Waals surface area contributed by atoms with Crippen LogP contribution in [0.2, 0.25) is 0 Å². The topological polar surface area (TPSA) is 9.72 Å². The Balaban J connectivity index is 3.80. The molecule has 0 spiro atoms. The maximum absolute atomic E-state index is 2.45. The number of nitrogens with zero attached hydrogens (tertiary/aromatic N) is 3. The normalized spacial score (nSPS) is 13.1. The lowest BCUT2D eigenvalue weighted by molar-refractivity contribution is 0.161. The Morgan fingerprint density at radius 2 is 1.31 bits per heavy atom. The Kier molecular flexibility index (Phi) is 7.20. The minimum atomic E-state index is 0.371. The maximum atomic E-state index is 2.45. The smallest absolute Gasteiger partial charge is 0.00419 e. The molecule has 0 saturated heterocycles. The molecule has 0 aliphatic carbocycles. The van der Waals surface area contributed by atoms with Gasteiger partial charge in [-0.15, -0.1) is 0 Å². The van der Waals surface area contributed by atoms with Crippen molar-refractivity contribution in [2.75, 3.05) is 61.4 Å². The van der Waals surface area contributed by atoms with Crippen LogP contribution in [0, 0.1) is 5.41 Å². The zero-order valence-electron chi connectivity index (χ0n) is 12.4. The Bertz CT molecular complexity index is 176. The molecule has 0 aliphatic heterocycles. The first-order valence-corrected chi connectivity index (χ1v) is 6.21. The van der Waals surface area contributed by atoms with E-state index in [4.69, 9.17) is 0 Å². The van der Waals surface area contributed by atoms with E-state index in [1.54, 1.807) is 0 Å². The van der Waals surface area contributed by atoms with Gasteiger partial charge in [0.1, 0.15) is 0 Å². The molecule has 0 unspecified atom stereocenters. The van der Waals surface area contributed by atoms with Crippen molar-refractivity contribution < 1.29 is 0 Å². The highest BCUT2D eigenvalue weighted by Gasteiger charge is 2.20. The third-order valence-electron chi connectivity index (χ3n) is 2.59. The summed E-state index contributed by atoms with van der Waals surface area (Å²) < 4.78 is 0. The molecule has 0 aromatic heterocycles. The Labute approximate surface area is 102 Å². The largest absolute Gasteiger partial charge is 0.309 e. The van der Waals surface area contributed by atoms with Gasteiger partial charge in [-0.1, -0.05) is 13.8 Å². The molecule has 0 aromatic carbocycles. The molecule has 16 heavy (non-hydrogen) atoms. The van der Waals surface area contributed by atoms with E-state index < -0.39 is 0 Å². The van der Waals surface area contributed by atoms with E-state index in [0.29, 0.717) is 5.41 Å². The third-order valence-corrected chi connectivity index (χ3v) is 2.59. The van der Waals surface area contributed by atoms with Crippen LogP contribution in [0.4, 0.5) is 0 Å². The van der Waals surface area contributed by atoms with Crippen LogP contribution in [-0.4, -0.2) is 76.1 Å². The van der Waals surface area contributed by atoms with Crippen molar-refractivity contribution in [2.45, 2.75) is 20.3 Å². The number of hydrogen-bond donors (Lipinski definition) is 0. The molecule has 0 aliphatic rings. The first-order chi connectivity index (χ1) is 7.23. The van der Waals surface area contributed by atoms with Gasteiger partial charge in [-0.25, -0.2) is 0 Å². The van der Waals surface area contributed by atoms with Gasteiger partial charge in [-0.3, -0.25) is 0 Å². The fraction of sp³-hybridized carbons (Fsp3) is 1.00. The lowest BCUT2D eigenvalue weighted by Crippen LogP contribution is -2.39. The van der Waals surface area contributed by atoms with Gasteiger partial charge in [0.25, 0.3) is 0 Å². The van der Waals surface area contributed by atoms with Crippen molar-refractivity contribution in [3.8, 4) is 0 Å². The van der Waals surface area contributed by atoms with Crippen LogP contribution in [0.25, 0.3) is 0 Å². The van der Waals surface area contributed by atoms with Crippen molar-refractivity contribution in [2.24, 2.45) is 5.41 Å². The average molecular weight is 229 g/mol. The molecular formula is C13H31N3. The molecule has 0 rings (SSSR count). The van der Waals surface area contributed by atoms with Crippen LogP contribution in [-0.2, 0) is 0 Å². The van der Waals surface area contributed by atoms with Gasteiger partial charge in [-0.2, -0.15) is 0 Å². The molecule has 0 atom stereocenters. The van der Waals surface area contributed by atoms with E-state index in [1.807, 2.05) is 0 Å². The summed E-state index contributed by atoms with van der Waals surface area (Å²) in [5, 5.41) is 0. The summed E-state index contributed by atoms with van der Waals surface area (Å²) in [5.74, 6) is 0. The summed E-state index contributed by atoms with van der Waals surface area (Å²) in [6.45, 7) is 9.36. The molecule has 0 aromatic rings. The van der Waals surface area contributed by atoms with Crippen LogP contribution in [0.3, 0.4) is 0 Å². The highest BCUT2D eigenvalue weighted by molar-refractivity contribution is 4.75. The minimum absolute atomic E-state index is 0.371. The van der Waals surface area contributed by atoms with E-state index in [9.17, 15) is 0 Å². The van der Waals surface area contributed by atoms with E-state index in [1.165, 1.54) is 26.1 Å². The monoisotopic (exact) mass is 229 g/mol. The lowest BCUT2D eigenvalue weighted by Gasteiger charge is -2.32. The predicted octanol–water partition coefficient (Wildman–Crippen LogP) is 1.46. The molecule has 3 nitrogen and oxygen atoms in total. The third kappa shape index (κ3) is 9.13. The standard InChI is InChI=1S/C13H31N3/c1-13(2,11-15(5)6)12-16(7)10-8-9-14(3)4/h8-12H2,1-7H3. The first-order valence-electron chi connectivity index (χ1n) is 6.21. The second-order valence-electron chi connectivity index (χ2n) is 6.30. The van der Waals surface area contributed by atoms with Crippen LogP contribution < -0.4 is 0 Å². The van der Waals surface area contributed by atoms with Crippen molar-refractivity contribution in [3.05, 3.63) is 0 Å². The molecule has 0 saturated carbocycles. The fourth-order valence-electron chi connectivity index (χ4n) is 2.37. The summed E-state index contributed by atoms with van der Waals surface area (Å²) >= 11 is 0. The van der Waals surface area contributed by atoms with Crippen LogP contribution in [0.5, 0.6) is 0 Å². The first kappa shape index (κ1) is 15.9. The highest BCUT2D eigenvalue weighted by atomic mass is 15.1. The van der Waals surface area contributed by atoms with Gasteiger partial charge in [0.15, 0.2) is 0 Å². The summed E-state index contributed by atoms with van der Waals surface area (Å²) in [5.41, 5.74) is 0.371. The molecule has 0 amide bonds. The number of hydrogen-bond acceptors (Lipinski definition) is 3. The highest BCUT2D eigenvalue weighted by Crippen LogP contribution is 2.17. The summed E-state index contributed by atoms with van der Waals surface area (Å²) in [6, 6.07) is 0. The molecule has 0 bridgehead atoms. The van der Waals surface area contributed by atoms with Gasteiger partial charge in [0.2, 0.25) is 0 Å². The van der Waals surface area contributed by atoms with Gasteiger partial charge in [0, 0.05) is 13.1 Å². The Morgan fingerprint density at radius 3 is 1.75 bits per heavy atom. The van der Waals surface area contributed by atoms with Gasteiger partial charge < -0.3 is 14.7 Å². The molecule has 98 valence electrons. The number of rotatable bonds is 8. The second kappa shape index (κ2) is 7.25. The Hall–Kier alpha value is -0.120. The second-order valence-corrected chi connectivity index (χ2v) is 6.30. The van der Waals surface area contributed by atoms with Crippen molar-refractivity contribution in [3.63, 3.8) is 0 Å². The van der Waals surface area contributed by atoms with Crippen LogP contribution in [0.1, 0.15) is 20.3 Å². The van der Waals surface area contributed by atoms with Gasteiger partial charge in [0.05, 0.1) is 0 Å². The molecule has 0 heterocycles. The summed E-state index contributed by atoms with van der Waals surface area (Å²) in [6.07, 6.45) is 1.25. The van der Waals surface area contributed by atoms with Gasteiger partial charge in [-0.05, 0) is 60.2 Å². The molecular weight excluding hydrogens is 198 g/mol. The van der Waals surface area contributed by atoms with E-state index in [-0.39, 0.29) is 0 Å². The zero-order chi connectivity index (χ0) is 12.8. The summed E-state index contributed by atoms with van der Waals surface area (Å²) in [4.78, 5) is 6.97. The van der Waals surface area contributed by atoms with E-state index in [2.05, 4.69) is 63.8 Å². The average Bonchev–Trinajstić information content (AvgIpc) is 1.98. The van der Waals surface area contributed by atoms with Crippen LogP contribution >= 0.6 is 0 Å². The van der Waals surface area contributed by atoms with Gasteiger partial charge >= 0.3 is 0 Å². The van der Waals surface area contributed by atoms with Crippen molar-refractivity contribution in [1.82, 2.24) is 14.7 Å². The van der Waals surface area contributed by atoms with Crippen molar-refractivity contribution >= 4 is 0 Å². The Morgan fingerprint density at radius 1 is 0.750 bits per heavy atom. The summed E-state index contributed by atoms with van der Waals surface area (Å²) in [7, 11) is 10.8.